The maximum absolute atomic E-state index is 12.2. The van der Waals surface area contributed by atoms with Gasteiger partial charge in [-0.15, -0.1) is 0 Å². The average Bonchev–Trinajstić information content (AvgIpc) is 2.69. The molecular formula is C14H23N3O2. The molecule has 1 N–H and O–H groups in total. The van der Waals surface area contributed by atoms with Gasteiger partial charge in [-0.3, -0.25) is 9.59 Å². The van der Waals surface area contributed by atoms with E-state index in [0.29, 0.717) is 19.4 Å². The number of hydrogen-bond acceptors (Lipinski definition) is 3. The monoisotopic (exact) mass is 265 g/mol. The minimum absolute atomic E-state index is 0.0212. The van der Waals surface area contributed by atoms with E-state index in [9.17, 15) is 14.9 Å². The van der Waals surface area contributed by atoms with Gasteiger partial charge in [0.05, 0.1) is 12.6 Å². The van der Waals surface area contributed by atoms with Crippen molar-refractivity contribution in [2.75, 3.05) is 20.1 Å². The molecule has 19 heavy (non-hydrogen) atoms. The number of nitrogens with one attached hydrogen (secondary N) is 1. The second kappa shape index (κ2) is 7.13. The lowest BCUT2D eigenvalue weighted by Crippen LogP contribution is -2.44. The molecule has 1 fully saturated rings. The number of nitriles is 1. The van der Waals surface area contributed by atoms with Crippen molar-refractivity contribution in [1.82, 2.24) is 10.2 Å². The van der Waals surface area contributed by atoms with Crippen LogP contribution in [0.15, 0.2) is 0 Å². The van der Waals surface area contributed by atoms with Gasteiger partial charge < -0.3 is 10.2 Å². The molecule has 0 saturated heterocycles. The third-order valence-electron chi connectivity index (χ3n) is 3.91. The van der Waals surface area contributed by atoms with Gasteiger partial charge in [0.1, 0.15) is 5.41 Å². The van der Waals surface area contributed by atoms with Crippen LogP contribution in [0.2, 0.25) is 0 Å². The molecule has 1 rings (SSSR count). The highest BCUT2D eigenvalue weighted by molar-refractivity contribution is 5.89. The average molecular weight is 265 g/mol. The van der Waals surface area contributed by atoms with Crippen molar-refractivity contribution in [2.24, 2.45) is 5.41 Å². The van der Waals surface area contributed by atoms with Gasteiger partial charge >= 0.3 is 0 Å². The summed E-state index contributed by atoms with van der Waals surface area (Å²) in [5.74, 6) is -0.410. The number of amides is 2. The summed E-state index contributed by atoms with van der Waals surface area (Å²) in [6.07, 6.45) is 5.18. The molecule has 5 heteroatoms. The van der Waals surface area contributed by atoms with Gasteiger partial charge in [0, 0.05) is 13.6 Å². The van der Waals surface area contributed by atoms with Crippen molar-refractivity contribution >= 4 is 11.8 Å². The van der Waals surface area contributed by atoms with Crippen LogP contribution in [0, 0.1) is 16.7 Å². The van der Waals surface area contributed by atoms with Crippen molar-refractivity contribution in [3.63, 3.8) is 0 Å². The van der Waals surface area contributed by atoms with Gasteiger partial charge in [-0.25, -0.2) is 0 Å². The summed E-state index contributed by atoms with van der Waals surface area (Å²) >= 11 is 0. The maximum atomic E-state index is 12.2. The molecule has 1 saturated carbocycles. The van der Waals surface area contributed by atoms with Crippen molar-refractivity contribution < 1.29 is 9.59 Å². The van der Waals surface area contributed by atoms with Gasteiger partial charge in [0.2, 0.25) is 11.8 Å². The zero-order valence-corrected chi connectivity index (χ0v) is 11.9. The van der Waals surface area contributed by atoms with Gasteiger partial charge in [0.25, 0.3) is 0 Å². The third-order valence-corrected chi connectivity index (χ3v) is 3.91. The summed E-state index contributed by atoms with van der Waals surface area (Å²) in [4.78, 5) is 25.4. The Kier molecular flexibility index (Phi) is 5.81. The summed E-state index contributed by atoms with van der Waals surface area (Å²) in [6, 6.07) is 2.19. The van der Waals surface area contributed by atoms with Crippen molar-refractivity contribution in [3.8, 4) is 6.07 Å². The van der Waals surface area contributed by atoms with Crippen LogP contribution in [0.25, 0.3) is 0 Å². The van der Waals surface area contributed by atoms with E-state index < -0.39 is 5.41 Å². The number of likely N-dealkylation sites (N-methyl/N-ethyl adjacent to an activating group) is 1. The van der Waals surface area contributed by atoms with Crippen LogP contribution < -0.4 is 5.32 Å². The van der Waals surface area contributed by atoms with Gasteiger partial charge in [-0.05, 0) is 19.8 Å². The van der Waals surface area contributed by atoms with Crippen molar-refractivity contribution in [2.45, 2.75) is 45.4 Å². The Morgan fingerprint density at radius 2 is 1.84 bits per heavy atom. The van der Waals surface area contributed by atoms with Crippen LogP contribution in [0.5, 0.6) is 0 Å². The zero-order valence-electron chi connectivity index (χ0n) is 11.9. The smallest absolute Gasteiger partial charge is 0.241 e. The molecule has 5 nitrogen and oxygen atoms in total. The highest BCUT2D eigenvalue weighted by Crippen LogP contribution is 2.34. The first-order valence-electron chi connectivity index (χ1n) is 6.99. The van der Waals surface area contributed by atoms with Crippen LogP contribution in [0.1, 0.15) is 45.4 Å². The van der Waals surface area contributed by atoms with Crippen LogP contribution in [-0.4, -0.2) is 36.9 Å². The first kappa shape index (κ1) is 15.5. The van der Waals surface area contributed by atoms with Crippen LogP contribution in [0.3, 0.4) is 0 Å². The number of rotatable bonds is 4. The fourth-order valence-electron chi connectivity index (χ4n) is 2.36. The lowest BCUT2D eigenvalue weighted by molar-refractivity contribution is -0.134. The summed E-state index contributed by atoms with van der Waals surface area (Å²) in [5, 5.41) is 12.0. The molecule has 0 aliphatic heterocycles. The fourth-order valence-corrected chi connectivity index (χ4v) is 2.36. The minimum atomic E-state index is -0.929. The van der Waals surface area contributed by atoms with E-state index in [2.05, 4.69) is 11.4 Å². The van der Waals surface area contributed by atoms with Crippen molar-refractivity contribution in [1.29, 1.82) is 5.26 Å². The SMILES string of the molecule is CCN(C)C(=O)CNC(=O)C1(C#N)CCCCCC1. The highest BCUT2D eigenvalue weighted by atomic mass is 16.2. The van der Waals surface area contributed by atoms with E-state index in [-0.39, 0.29) is 18.4 Å². The molecule has 0 aromatic rings. The largest absolute Gasteiger partial charge is 0.346 e. The van der Waals surface area contributed by atoms with Crippen molar-refractivity contribution in [3.05, 3.63) is 0 Å². The Balaban J connectivity index is 2.59. The quantitative estimate of drug-likeness (QED) is 0.782. The van der Waals surface area contributed by atoms with Crippen LogP contribution >= 0.6 is 0 Å². The first-order chi connectivity index (χ1) is 9.05. The Morgan fingerprint density at radius 3 is 2.32 bits per heavy atom. The Labute approximate surface area is 115 Å². The lowest BCUT2D eigenvalue weighted by atomic mass is 9.81. The predicted octanol–water partition coefficient (Wildman–Crippen LogP) is 1.45. The van der Waals surface area contributed by atoms with E-state index in [0.717, 1.165) is 25.7 Å². The van der Waals surface area contributed by atoms with E-state index in [1.54, 1.807) is 11.9 Å². The maximum Gasteiger partial charge on any atom is 0.241 e. The Morgan fingerprint density at radius 1 is 1.26 bits per heavy atom. The molecular weight excluding hydrogens is 242 g/mol. The molecule has 0 atom stereocenters. The second-order valence-electron chi connectivity index (χ2n) is 5.20. The van der Waals surface area contributed by atoms with Crippen LogP contribution in [0.4, 0.5) is 0 Å². The standard InChI is InChI=1S/C14H23N3O2/c1-3-17(2)12(18)10-16-13(19)14(11-15)8-6-4-5-7-9-14/h3-10H2,1-2H3,(H,16,19). The van der Waals surface area contributed by atoms with Gasteiger partial charge in [-0.1, -0.05) is 25.7 Å². The van der Waals surface area contributed by atoms with Gasteiger partial charge in [-0.2, -0.15) is 5.26 Å². The summed E-state index contributed by atoms with van der Waals surface area (Å²) < 4.78 is 0. The molecule has 0 heterocycles. The third kappa shape index (κ3) is 3.95. The second-order valence-corrected chi connectivity index (χ2v) is 5.20. The number of hydrogen-bond donors (Lipinski definition) is 1. The fraction of sp³-hybridized carbons (Fsp3) is 0.786. The summed E-state index contributed by atoms with van der Waals surface area (Å²) in [6.45, 7) is 2.46. The Hall–Kier alpha value is -1.57. The number of nitrogens with zero attached hydrogens (tertiary/aromatic N) is 2. The Bertz CT molecular complexity index is 365. The van der Waals surface area contributed by atoms with E-state index in [4.69, 9.17) is 0 Å². The van der Waals surface area contributed by atoms with E-state index in [1.165, 1.54) is 0 Å². The zero-order chi connectivity index (χ0) is 14.3. The minimum Gasteiger partial charge on any atom is -0.346 e. The predicted molar refractivity (Wildman–Crippen MR) is 72.1 cm³/mol. The first-order valence-corrected chi connectivity index (χ1v) is 6.99. The molecule has 0 unspecified atom stereocenters. The molecule has 1 aliphatic rings. The summed E-state index contributed by atoms with van der Waals surface area (Å²) in [7, 11) is 1.69. The molecule has 2 amide bonds. The molecule has 0 radical (unpaired) electrons. The molecule has 1 aliphatic carbocycles. The molecule has 106 valence electrons. The molecule has 0 aromatic heterocycles. The normalized spacial score (nSPS) is 17.9. The molecule has 0 aromatic carbocycles. The topological polar surface area (TPSA) is 73.2 Å². The highest BCUT2D eigenvalue weighted by Gasteiger charge is 2.38. The van der Waals surface area contributed by atoms with E-state index >= 15 is 0 Å². The van der Waals surface area contributed by atoms with Gasteiger partial charge in [0.15, 0.2) is 0 Å². The van der Waals surface area contributed by atoms with E-state index in [1.807, 2.05) is 6.92 Å². The molecule has 0 spiro atoms. The number of carbonyl (C=O) groups is 2. The summed E-state index contributed by atoms with van der Waals surface area (Å²) in [5.41, 5.74) is -0.929. The lowest BCUT2D eigenvalue weighted by Gasteiger charge is -2.24. The number of carbonyl (C=O) groups excluding carboxylic acids is 2. The molecule has 0 bridgehead atoms. The van der Waals surface area contributed by atoms with Crippen LogP contribution in [-0.2, 0) is 9.59 Å².